The van der Waals surface area contributed by atoms with Gasteiger partial charge in [-0.25, -0.2) is 0 Å². The third kappa shape index (κ3) is 2.32. The van der Waals surface area contributed by atoms with Crippen LogP contribution < -0.4 is 5.32 Å². The molecule has 0 aromatic rings. The van der Waals surface area contributed by atoms with E-state index in [0.717, 1.165) is 18.9 Å². The van der Waals surface area contributed by atoms with Gasteiger partial charge in [-0.1, -0.05) is 20.8 Å². The highest BCUT2D eigenvalue weighted by Gasteiger charge is 2.23. The Labute approximate surface area is 73.3 Å². The van der Waals surface area contributed by atoms with Crippen molar-refractivity contribution in [1.29, 1.82) is 0 Å². The van der Waals surface area contributed by atoms with Crippen LogP contribution in [0.2, 0.25) is 0 Å². The lowest BCUT2D eigenvalue weighted by molar-refractivity contribution is -0.125. The van der Waals surface area contributed by atoms with E-state index in [1.807, 2.05) is 20.8 Å². The number of aliphatic imine (C=N–C) groups is 1. The molecule has 0 radical (unpaired) electrons. The number of carbonyl (C=O) groups excluding carboxylic acids is 1. The number of amidine groups is 1. The average molecular weight is 168 g/mol. The predicted octanol–water partition coefficient (Wildman–Crippen LogP) is 0.993. The molecule has 3 nitrogen and oxygen atoms in total. The fraction of sp³-hybridized carbons (Fsp3) is 0.778. The minimum atomic E-state index is -0.243. The van der Waals surface area contributed by atoms with Gasteiger partial charge in [-0.05, 0) is 0 Å². The number of ketones is 1. The zero-order valence-electron chi connectivity index (χ0n) is 7.98. The molecular formula is C9H16N2O. The molecule has 1 N–H and O–H groups in total. The van der Waals surface area contributed by atoms with E-state index in [0.29, 0.717) is 6.42 Å². The summed E-state index contributed by atoms with van der Waals surface area (Å²) in [6, 6.07) is 0. The van der Waals surface area contributed by atoms with E-state index in [4.69, 9.17) is 0 Å². The summed E-state index contributed by atoms with van der Waals surface area (Å²) in [4.78, 5) is 15.7. The molecule has 3 heteroatoms. The molecule has 0 bridgehead atoms. The normalized spacial score (nSPS) is 17.1. The summed E-state index contributed by atoms with van der Waals surface area (Å²) in [5.41, 5.74) is -0.243. The summed E-state index contributed by atoms with van der Waals surface area (Å²) >= 11 is 0. The number of carbonyl (C=O) groups is 1. The van der Waals surface area contributed by atoms with Gasteiger partial charge in [-0.3, -0.25) is 9.79 Å². The maximum Gasteiger partial charge on any atom is 0.145 e. The Balaban J connectivity index is 2.46. The molecular weight excluding hydrogens is 152 g/mol. The summed E-state index contributed by atoms with van der Waals surface area (Å²) in [6.07, 6.45) is 0.462. The maximum atomic E-state index is 11.5. The molecule has 0 saturated heterocycles. The number of nitrogens with one attached hydrogen (secondary N) is 1. The Morgan fingerprint density at radius 3 is 2.67 bits per heavy atom. The van der Waals surface area contributed by atoms with Gasteiger partial charge in [-0.15, -0.1) is 0 Å². The van der Waals surface area contributed by atoms with Gasteiger partial charge >= 0.3 is 0 Å². The molecule has 0 aromatic heterocycles. The van der Waals surface area contributed by atoms with E-state index in [9.17, 15) is 4.79 Å². The van der Waals surface area contributed by atoms with Crippen molar-refractivity contribution in [2.75, 3.05) is 13.1 Å². The van der Waals surface area contributed by atoms with Gasteiger partial charge < -0.3 is 5.32 Å². The highest BCUT2D eigenvalue weighted by Crippen LogP contribution is 2.16. The molecule has 1 aliphatic rings. The first-order valence-corrected chi connectivity index (χ1v) is 4.30. The fourth-order valence-corrected chi connectivity index (χ4v) is 0.983. The largest absolute Gasteiger partial charge is 0.372 e. The Kier molecular flexibility index (Phi) is 2.50. The van der Waals surface area contributed by atoms with E-state index in [-0.39, 0.29) is 11.2 Å². The van der Waals surface area contributed by atoms with E-state index in [2.05, 4.69) is 10.3 Å². The Morgan fingerprint density at radius 1 is 1.58 bits per heavy atom. The zero-order chi connectivity index (χ0) is 9.19. The van der Waals surface area contributed by atoms with Crippen LogP contribution in [0.15, 0.2) is 4.99 Å². The highest BCUT2D eigenvalue weighted by molar-refractivity contribution is 6.03. The molecule has 12 heavy (non-hydrogen) atoms. The minimum Gasteiger partial charge on any atom is -0.372 e. The second-order valence-electron chi connectivity index (χ2n) is 4.11. The van der Waals surface area contributed by atoms with Crippen LogP contribution in [0, 0.1) is 5.41 Å². The van der Waals surface area contributed by atoms with Gasteiger partial charge in [-0.2, -0.15) is 0 Å². The van der Waals surface area contributed by atoms with Crippen molar-refractivity contribution in [3.63, 3.8) is 0 Å². The van der Waals surface area contributed by atoms with Crippen molar-refractivity contribution in [1.82, 2.24) is 5.32 Å². The van der Waals surface area contributed by atoms with Crippen molar-refractivity contribution in [2.24, 2.45) is 10.4 Å². The van der Waals surface area contributed by atoms with Gasteiger partial charge in [0.2, 0.25) is 0 Å². The lowest BCUT2D eigenvalue weighted by atomic mass is 9.89. The van der Waals surface area contributed by atoms with Crippen molar-refractivity contribution < 1.29 is 4.79 Å². The molecule has 0 unspecified atom stereocenters. The molecule has 0 amide bonds. The number of hydrogen-bond donors (Lipinski definition) is 1. The van der Waals surface area contributed by atoms with E-state index in [1.54, 1.807) is 0 Å². The first-order chi connectivity index (χ1) is 5.50. The standard InChI is InChI=1S/C9H16N2O/c1-9(2,3)7(12)6-8-10-4-5-11-8/h4-6H2,1-3H3,(H,10,11). The summed E-state index contributed by atoms with van der Waals surface area (Å²) < 4.78 is 0. The molecule has 0 atom stereocenters. The monoisotopic (exact) mass is 168 g/mol. The van der Waals surface area contributed by atoms with Gasteiger partial charge in [0.05, 0.1) is 13.0 Å². The SMILES string of the molecule is CC(C)(C)C(=O)CC1=NCCN1. The lowest BCUT2D eigenvalue weighted by Gasteiger charge is -2.16. The van der Waals surface area contributed by atoms with Crippen LogP contribution in [0.3, 0.4) is 0 Å². The topological polar surface area (TPSA) is 41.5 Å². The zero-order valence-corrected chi connectivity index (χ0v) is 7.98. The number of hydrogen-bond acceptors (Lipinski definition) is 3. The molecule has 0 aromatic carbocycles. The third-order valence-corrected chi connectivity index (χ3v) is 1.91. The molecule has 0 spiro atoms. The van der Waals surface area contributed by atoms with Crippen LogP contribution in [-0.4, -0.2) is 24.7 Å². The minimum absolute atomic E-state index is 0.243. The molecule has 68 valence electrons. The van der Waals surface area contributed by atoms with Crippen molar-refractivity contribution in [3.8, 4) is 0 Å². The highest BCUT2D eigenvalue weighted by atomic mass is 16.1. The van der Waals surface area contributed by atoms with Crippen molar-refractivity contribution in [3.05, 3.63) is 0 Å². The number of Topliss-reactive ketones (excluding diaryl/α,β-unsaturated/α-hetero) is 1. The van der Waals surface area contributed by atoms with Gasteiger partial charge in [0.25, 0.3) is 0 Å². The fourth-order valence-electron chi connectivity index (χ4n) is 0.983. The van der Waals surface area contributed by atoms with Crippen LogP contribution >= 0.6 is 0 Å². The maximum absolute atomic E-state index is 11.5. The smallest absolute Gasteiger partial charge is 0.145 e. The lowest BCUT2D eigenvalue weighted by Crippen LogP contribution is -2.28. The van der Waals surface area contributed by atoms with Gasteiger partial charge in [0, 0.05) is 12.0 Å². The number of nitrogens with zero attached hydrogens (tertiary/aromatic N) is 1. The van der Waals surface area contributed by atoms with Gasteiger partial charge in [0.1, 0.15) is 11.6 Å². The third-order valence-electron chi connectivity index (χ3n) is 1.91. The van der Waals surface area contributed by atoms with Crippen LogP contribution in [0.5, 0.6) is 0 Å². The van der Waals surface area contributed by atoms with Gasteiger partial charge in [0.15, 0.2) is 0 Å². The molecule has 0 saturated carbocycles. The first-order valence-electron chi connectivity index (χ1n) is 4.30. The van der Waals surface area contributed by atoms with Crippen molar-refractivity contribution in [2.45, 2.75) is 27.2 Å². The van der Waals surface area contributed by atoms with E-state index in [1.165, 1.54) is 0 Å². The quantitative estimate of drug-likeness (QED) is 0.668. The predicted molar refractivity (Wildman–Crippen MR) is 49.4 cm³/mol. The summed E-state index contributed by atoms with van der Waals surface area (Å²) in [7, 11) is 0. The molecule has 1 heterocycles. The molecule has 1 rings (SSSR count). The summed E-state index contributed by atoms with van der Waals surface area (Å²) in [5, 5.41) is 3.09. The first kappa shape index (κ1) is 9.23. The van der Waals surface area contributed by atoms with Crippen molar-refractivity contribution >= 4 is 11.6 Å². The Morgan fingerprint density at radius 2 is 2.25 bits per heavy atom. The summed E-state index contributed by atoms with van der Waals surface area (Å²) in [6.45, 7) is 7.50. The summed E-state index contributed by atoms with van der Waals surface area (Å²) in [5.74, 6) is 1.10. The van der Waals surface area contributed by atoms with Crippen LogP contribution in [0.4, 0.5) is 0 Å². The molecule has 1 aliphatic heterocycles. The second kappa shape index (κ2) is 3.25. The Bertz CT molecular complexity index is 213. The van der Waals surface area contributed by atoms with E-state index >= 15 is 0 Å². The van der Waals surface area contributed by atoms with Crippen LogP contribution in [-0.2, 0) is 4.79 Å². The second-order valence-corrected chi connectivity index (χ2v) is 4.11. The van der Waals surface area contributed by atoms with Crippen LogP contribution in [0.1, 0.15) is 27.2 Å². The number of rotatable bonds is 2. The Hall–Kier alpha value is -0.860. The average Bonchev–Trinajstić information content (AvgIpc) is 2.37. The van der Waals surface area contributed by atoms with Crippen LogP contribution in [0.25, 0.3) is 0 Å². The molecule has 0 fully saturated rings. The molecule has 0 aliphatic carbocycles. The van der Waals surface area contributed by atoms with E-state index < -0.39 is 0 Å².